The lowest BCUT2D eigenvalue weighted by Gasteiger charge is -2.38. The fraction of sp³-hybridized carbons (Fsp3) is 0.786. The van der Waals surface area contributed by atoms with Gasteiger partial charge in [-0.3, -0.25) is 0 Å². The first-order valence-electron chi connectivity index (χ1n) is 6.96. The van der Waals surface area contributed by atoms with Gasteiger partial charge in [0.05, 0.1) is 8.07 Å². The number of esters is 1. The van der Waals surface area contributed by atoms with Crippen molar-refractivity contribution in [2.45, 2.75) is 71.4 Å². The van der Waals surface area contributed by atoms with Crippen LogP contribution in [0.3, 0.4) is 0 Å². The fourth-order valence-corrected chi connectivity index (χ4v) is 6.77. The first-order valence-corrected chi connectivity index (χ1v) is 13.5. The summed E-state index contributed by atoms with van der Waals surface area (Å²) in [6.07, 6.45) is 1.02. The van der Waals surface area contributed by atoms with Crippen LogP contribution in [0.15, 0.2) is 12.2 Å². The third-order valence-electron chi connectivity index (χ3n) is 3.39. The number of rotatable bonds is 7. The number of ether oxygens (including phenoxy) is 1. The molecule has 3 nitrogen and oxygen atoms in total. The van der Waals surface area contributed by atoms with Gasteiger partial charge in [-0.15, -0.1) is 0 Å². The number of hydrogen-bond donors (Lipinski definition) is 0. The second-order valence-corrected chi connectivity index (χ2v) is 16.4. The van der Waals surface area contributed by atoms with Gasteiger partial charge in [0.15, 0.2) is 0 Å². The fourth-order valence-electron chi connectivity index (χ4n) is 1.74. The highest BCUT2D eigenvalue weighted by Gasteiger charge is 2.39. The summed E-state index contributed by atoms with van der Waals surface area (Å²) in [5.74, 6) is -0.322. The summed E-state index contributed by atoms with van der Waals surface area (Å²) in [7, 11) is -3.41. The van der Waals surface area contributed by atoms with E-state index in [1.54, 1.807) is 6.92 Å². The summed E-state index contributed by atoms with van der Waals surface area (Å²) in [5.41, 5.74) is 0.594. The molecule has 1 unspecified atom stereocenters. The molecular formula is C14H30O3Si2. The zero-order valence-electron chi connectivity index (χ0n) is 13.8. The molecule has 0 rings (SSSR count). The molecule has 0 bridgehead atoms. The van der Waals surface area contributed by atoms with E-state index in [9.17, 15) is 4.79 Å². The van der Waals surface area contributed by atoms with Gasteiger partial charge in [-0.1, -0.05) is 33.1 Å². The van der Waals surface area contributed by atoms with Crippen molar-refractivity contribution in [3.05, 3.63) is 12.2 Å². The molecule has 0 N–H and O–H groups in total. The lowest BCUT2D eigenvalue weighted by atomic mass is 10.4. The molecule has 0 amide bonds. The Morgan fingerprint density at radius 1 is 1.21 bits per heavy atom. The Kier molecular flexibility index (Phi) is 6.71. The van der Waals surface area contributed by atoms with E-state index in [1.165, 1.54) is 0 Å². The number of carbonyl (C=O) groups is 1. The van der Waals surface area contributed by atoms with Gasteiger partial charge in [-0.25, -0.2) is 4.79 Å². The molecule has 0 aliphatic rings. The summed E-state index contributed by atoms with van der Waals surface area (Å²) in [4.78, 5) is 11.6. The van der Waals surface area contributed by atoms with Crippen molar-refractivity contribution >= 4 is 22.4 Å². The first kappa shape index (κ1) is 18.6. The molecule has 0 aliphatic carbocycles. The van der Waals surface area contributed by atoms with Gasteiger partial charge < -0.3 is 9.16 Å². The summed E-state index contributed by atoms with van der Waals surface area (Å²) in [6, 6.07) is 0. The smallest absolute Gasteiger partial charge is 0.333 e. The molecular weight excluding hydrogens is 272 g/mol. The second kappa shape index (κ2) is 6.86. The molecule has 0 aliphatic heterocycles. The molecule has 2 atom stereocenters. The minimum atomic E-state index is -2.06. The van der Waals surface area contributed by atoms with Crippen LogP contribution in [0, 0.1) is 0 Å². The third kappa shape index (κ3) is 6.06. The van der Waals surface area contributed by atoms with E-state index in [0.717, 1.165) is 6.42 Å². The summed E-state index contributed by atoms with van der Waals surface area (Å²) >= 11 is 0. The highest BCUT2D eigenvalue weighted by molar-refractivity contribution is 6.79. The van der Waals surface area contributed by atoms with Crippen molar-refractivity contribution in [3.63, 3.8) is 0 Å². The standard InChI is InChI=1S/C14H30O3Si2/c1-10-13(18(5,6)7)17-19(8,9)12(4)16-14(15)11(2)3/h12-13H,2,10H2,1,3-9H3/t12-,13?/m0/s1. The minimum Gasteiger partial charge on any atom is -0.460 e. The van der Waals surface area contributed by atoms with Crippen LogP contribution in [0.2, 0.25) is 32.7 Å². The topological polar surface area (TPSA) is 35.5 Å². The molecule has 0 spiro atoms. The van der Waals surface area contributed by atoms with Gasteiger partial charge in [-0.05, 0) is 33.4 Å². The quantitative estimate of drug-likeness (QED) is 0.406. The Bertz CT molecular complexity index is 332. The Morgan fingerprint density at radius 3 is 2.00 bits per heavy atom. The summed E-state index contributed by atoms with van der Waals surface area (Å²) in [6.45, 7) is 20.6. The average Bonchev–Trinajstić information content (AvgIpc) is 2.23. The Labute approximate surface area is 120 Å². The van der Waals surface area contributed by atoms with Crippen LogP contribution in [-0.2, 0) is 14.0 Å². The van der Waals surface area contributed by atoms with Crippen LogP contribution in [0.5, 0.6) is 0 Å². The van der Waals surface area contributed by atoms with E-state index < -0.39 is 16.4 Å². The molecule has 5 heteroatoms. The zero-order valence-corrected chi connectivity index (χ0v) is 15.8. The molecule has 0 heterocycles. The van der Waals surface area contributed by atoms with Crippen molar-refractivity contribution in [2.24, 2.45) is 0 Å². The van der Waals surface area contributed by atoms with Crippen molar-refractivity contribution < 1.29 is 14.0 Å². The van der Waals surface area contributed by atoms with Crippen LogP contribution in [0.4, 0.5) is 0 Å². The number of carbonyl (C=O) groups excluding carboxylic acids is 1. The normalized spacial score (nSPS) is 15.8. The lowest BCUT2D eigenvalue weighted by molar-refractivity contribution is -0.141. The Balaban J connectivity index is 4.77. The van der Waals surface area contributed by atoms with Crippen molar-refractivity contribution in [1.29, 1.82) is 0 Å². The van der Waals surface area contributed by atoms with E-state index in [0.29, 0.717) is 11.3 Å². The predicted octanol–water partition coefficient (Wildman–Crippen LogP) is 3.91. The third-order valence-corrected chi connectivity index (χ3v) is 9.06. The van der Waals surface area contributed by atoms with E-state index in [1.807, 2.05) is 6.92 Å². The molecule has 0 saturated heterocycles. The highest BCUT2D eigenvalue weighted by Crippen LogP contribution is 2.23. The van der Waals surface area contributed by atoms with Gasteiger partial charge in [0, 0.05) is 11.3 Å². The average molecular weight is 303 g/mol. The first-order chi connectivity index (χ1) is 8.41. The monoisotopic (exact) mass is 302 g/mol. The maximum atomic E-state index is 11.6. The molecule has 0 radical (unpaired) electrons. The predicted molar refractivity (Wildman–Crippen MR) is 86.4 cm³/mol. The van der Waals surface area contributed by atoms with Crippen LogP contribution in [0.25, 0.3) is 0 Å². The largest absolute Gasteiger partial charge is 0.460 e. The van der Waals surface area contributed by atoms with Crippen LogP contribution < -0.4 is 0 Å². The maximum Gasteiger partial charge on any atom is 0.333 e. The van der Waals surface area contributed by atoms with E-state index >= 15 is 0 Å². The summed E-state index contributed by atoms with van der Waals surface area (Å²) < 4.78 is 11.8. The van der Waals surface area contributed by atoms with Gasteiger partial charge in [0.1, 0.15) is 5.73 Å². The zero-order chi connectivity index (χ0) is 15.4. The van der Waals surface area contributed by atoms with Crippen molar-refractivity contribution in [3.8, 4) is 0 Å². The lowest BCUT2D eigenvalue weighted by Crippen LogP contribution is -2.53. The molecule has 0 aromatic rings. The molecule has 0 aromatic carbocycles. The van der Waals surface area contributed by atoms with E-state index in [2.05, 4.69) is 46.2 Å². The van der Waals surface area contributed by atoms with Crippen LogP contribution in [0.1, 0.15) is 27.2 Å². The van der Waals surface area contributed by atoms with Gasteiger partial charge in [0.2, 0.25) is 8.32 Å². The maximum absolute atomic E-state index is 11.6. The molecule has 19 heavy (non-hydrogen) atoms. The highest BCUT2D eigenvalue weighted by atomic mass is 28.4. The minimum absolute atomic E-state index is 0.165. The molecule has 0 fully saturated rings. The second-order valence-electron chi connectivity index (χ2n) is 6.81. The van der Waals surface area contributed by atoms with Gasteiger partial charge in [0.25, 0.3) is 0 Å². The Morgan fingerprint density at radius 2 is 1.68 bits per heavy atom. The van der Waals surface area contributed by atoms with E-state index in [4.69, 9.17) is 9.16 Å². The van der Waals surface area contributed by atoms with E-state index in [-0.39, 0.29) is 11.7 Å². The van der Waals surface area contributed by atoms with Crippen molar-refractivity contribution in [2.75, 3.05) is 0 Å². The molecule has 0 saturated carbocycles. The summed E-state index contributed by atoms with van der Waals surface area (Å²) in [5, 5.41) is 0. The SMILES string of the molecule is C=C(C)C(=O)O[C@H](C)[Si](C)(C)OC(CC)[Si](C)(C)C. The van der Waals surface area contributed by atoms with Crippen LogP contribution >= 0.6 is 0 Å². The molecule has 0 aromatic heterocycles. The van der Waals surface area contributed by atoms with Crippen molar-refractivity contribution in [1.82, 2.24) is 0 Å². The van der Waals surface area contributed by atoms with Crippen LogP contribution in [-0.4, -0.2) is 33.8 Å². The number of hydrogen-bond acceptors (Lipinski definition) is 3. The molecule has 112 valence electrons. The van der Waals surface area contributed by atoms with Gasteiger partial charge in [-0.2, -0.15) is 0 Å². The van der Waals surface area contributed by atoms with Gasteiger partial charge >= 0.3 is 5.97 Å². The Hall–Kier alpha value is -0.396.